The van der Waals surface area contributed by atoms with Crippen molar-refractivity contribution >= 4 is 29.1 Å². The maximum atomic E-state index is 14.0. The number of unbranched alkanes of at least 4 members (excludes halogenated alkanes) is 1. The molecule has 1 aromatic carbocycles. The van der Waals surface area contributed by atoms with Crippen LogP contribution in [0.2, 0.25) is 5.02 Å². The summed E-state index contributed by atoms with van der Waals surface area (Å²) in [6, 6.07) is 6.33. The Morgan fingerprint density at radius 3 is 2.83 bits per heavy atom. The summed E-state index contributed by atoms with van der Waals surface area (Å²) in [5.74, 6) is -0.975. The maximum Gasteiger partial charge on any atom is 0.259 e. The van der Waals surface area contributed by atoms with Crippen LogP contribution in [-0.2, 0) is 0 Å². The lowest BCUT2D eigenvalue weighted by molar-refractivity contribution is 0.102. The molecule has 8 heteroatoms. The predicted octanol–water partition coefficient (Wildman–Crippen LogP) is 4.85. The smallest absolute Gasteiger partial charge is 0.259 e. The van der Waals surface area contributed by atoms with Gasteiger partial charge < -0.3 is 16.0 Å². The van der Waals surface area contributed by atoms with Gasteiger partial charge in [0.05, 0.1) is 5.56 Å². The van der Waals surface area contributed by atoms with Gasteiger partial charge in [0.15, 0.2) is 11.6 Å². The Hall–Kier alpha value is -2.25. The number of hydrogen-bond donors (Lipinski definition) is 3. The van der Waals surface area contributed by atoms with Gasteiger partial charge in [0, 0.05) is 11.6 Å². The van der Waals surface area contributed by atoms with Crippen LogP contribution in [0.3, 0.4) is 0 Å². The highest BCUT2D eigenvalue weighted by atomic mass is 35.5. The summed E-state index contributed by atoms with van der Waals surface area (Å²) in [5.41, 5.74) is -0.160. The molecule has 2 heterocycles. The topological polar surface area (TPSA) is 66.1 Å². The van der Waals surface area contributed by atoms with Gasteiger partial charge in [0.25, 0.3) is 5.91 Å². The molecule has 156 valence electrons. The number of carbonyl (C=O) groups is 1. The van der Waals surface area contributed by atoms with E-state index in [1.165, 1.54) is 37.1 Å². The monoisotopic (exact) mass is 422 g/mol. The minimum atomic E-state index is -0.733. The first-order chi connectivity index (χ1) is 14.0. The standard InChI is InChI=1S/C21H25ClF2N4O/c22-15-6-7-16(18(24)12-15)21(29)28-19-9-8-17(23)20(27-19)26-11-2-1-4-14-5-3-10-25-13-14/h6-9,12,14,25H,1-5,10-11,13H2,(H2,26,27,28,29). The largest absolute Gasteiger partial charge is 0.368 e. The van der Waals surface area contributed by atoms with Gasteiger partial charge in [-0.15, -0.1) is 0 Å². The van der Waals surface area contributed by atoms with E-state index in [2.05, 4.69) is 20.9 Å². The molecule has 0 bridgehead atoms. The number of benzene rings is 1. The second kappa shape index (κ2) is 10.5. The number of halogens is 3. The van der Waals surface area contributed by atoms with E-state index < -0.39 is 17.5 Å². The molecule has 0 spiro atoms. The van der Waals surface area contributed by atoms with Crippen molar-refractivity contribution in [2.45, 2.75) is 32.1 Å². The van der Waals surface area contributed by atoms with E-state index >= 15 is 0 Å². The van der Waals surface area contributed by atoms with Gasteiger partial charge in [-0.1, -0.05) is 18.0 Å². The molecule has 3 rings (SSSR count). The van der Waals surface area contributed by atoms with Crippen LogP contribution >= 0.6 is 11.6 Å². The first kappa shape index (κ1) is 21.5. The average Bonchev–Trinajstić information content (AvgIpc) is 2.70. The minimum Gasteiger partial charge on any atom is -0.368 e. The fourth-order valence-corrected chi connectivity index (χ4v) is 3.59. The molecule has 1 saturated heterocycles. The van der Waals surface area contributed by atoms with E-state index in [9.17, 15) is 13.6 Å². The van der Waals surface area contributed by atoms with Crippen LogP contribution in [0.4, 0.5) is 20.4 Å². The Kier molecular flexibility index (Phi) is 7.77. The summed E-state index contributed by atoms with van der Waals surface area (Å²) in [5, 5.41) is 9.07. The Morgan fingerprint density at radius 2 is 2.07 bits per heavy atom. The summed E-state index contributed by atoms with van der Waals surface area (Å²) in [6.45, 7) is 2.79. The highest BCUT2D eigenvalue weighted by molar-refractivity contribution is 6.30. The number of pyridine rings is 1. The summed E-state index contributed by atoms with van der Waals surface area (Å²) in [6.07, 6.45) is 5.63. The third-order valence-electron chi connectivity index (χ3n) is 4.99. The van der Waals surface area contributed by atoms with Crippen LogP contribution in [0.5, 0.6) is 0 Å². The highest BCUT2D eigenvalue weighted by Crippen LogP contribution is 2.19. The van der Waals surface area contributed by atoms with Crippen molar-refractivity contribution in [3.63, 3.8) is 0 Å². The lowest BCUT2D eigenvalue weighted by Crippen LogP contribution is -2.29. The average molecular weight is 423 g/mol. The van der Waals surface area contributed by atoms with E-state index in [1.54, 1.807) is 0 Å². The van der Waals surface area contributed by atoms with Crippen molar-refractivity contribution in [3.8, 4) is 0 Å². The van der Waals surface area contributed by atoms with Crippen LogP contribution in [-0.4, -0.2) is 30.5 Å². The summed E-state index contributed by atoms with van der Waals surface area (Å²) in [4.78, 5) is 16.3. The van der Waals surface area contributed by atoms with Gasteiger partial charge in [-0.05, 0) is 75.0 Å². The van der Waals surface area contributed by atoms with E-state index in [-0.39, 0.29) is 22.2 Å². The van der Waals surface area contributed by atoms with E-state index in [0.717, 1.165) is 44.3 Å². The van der Waals surface area contributed by atoms with Crippen molar-refractivity contribution < 1.29 is 13.6 Å². The summed E-state index contributed by atoms with van der Waals surface area (Å²) >= 11 is 5.70. The molecular formula is C21H25ClF2N4O. The second-order valence-electron chi connectivity index (χ2n) is 7.24. The number of aromatic nitrogens is 1. The van der Waals surface area contributed by atoms with Gasteiger partial charge >= 0.3 is 0 Å². The molecule has 1 atom stereocenters. The van der Waals surface area contributed by atoms with Crippen molar-refractivity contribution in [3.05, 3.63) is 52.6 Å². The molecule has 29 heavy (non-hydrogen) atoms. The molecule has 5 nitrogen and oxygen atoms in total. The SMILES string of the molecule is O=C(Nc1ccc(F)c(NCCCCC2CCCNC2)n1)c1ccc(Cl)cc1F. The van der Waals surface area contributed by atoms with Crippen LogP contribution in [0.25, 0.3) is 0 Å². The number of nitrogens with one attached hydrogen (secondary N) is 3. The number of anilines is 2. The molecule has 1 aliphatic rings. The number of rotatable bonds is 8. The summed E-state index contributed by atoms with van der Waals surface area (Å²) in [7, 11) is 0. The molecule has 3 N–H and O–H groups in total. The zero-order valence-corrected chi connectivity index (χ0v) is 16.9. The molecule has 0 aliphatic carbocycles. The molecule has 1 amide bonds. The molecule has 1 aliphatic heterocycles. The first-order valence-electron chi connectivity index (χ1n) is 9.90. The Balaban J connectivity index is 1.50. The van der Waals surface area contributed by atoms with E-state index in [4.69, 9.17) is 11.6 Å². The lowest BCUT2D eigenvalue weighted by Gasteiger charge is -2.22. The molecule has 1 fully saturated rings. The lowest BCUT2D eigenvalue weighted by atomic mass is 9.94. The van der Waals surface area contributed by atoms with Gasteiger partial charge in [-0.3, -0.25) is 4.79 Å². The van der Waals surface area contributed by atoms with Gasteiger partial charge in [-0.2, -0.15) is 0 Å². The predicted molar refractivity (Wildman–Crippen MR) is 111 cm³/mol. The third kappa shape index (κ3) is 6.37. The van der Waals surface area contributed by atoms with Gasteiger partial charge in [0.1, 0.15) is 11.6 Å². The van der Waals surface area contributed by atoms with Gasteiger partial charge in [-0.25, -0.2) is 13.8 Å². The minimum absolute atomic E-state index is 0.0683. The molecular weight excluding hydrogens is 398 g/mol. The number of piperidine rings is 1. The fraction of sp³-hybridized carbons (Fsp3) is 0.429. The Bertz CT molecular complexity index is 843. The maximum absolute atomic E-state index is 14.0. The molecule has 0 radical (unpaired) electrons. The zero-order chi connectivity index (χ0) is 20.6. The van der Waals surface area contributed by atoms with E-state index in [1.807, 2.05) is 0 Å². The van der Waals surface area contributed by atoms with Crippen molar-refractivity contribution in [2.24, 2.45) is 5.92 Å². The fourth-order valence-electron chi connectivity index (χ4n) is 3.43. The molecule has 0 saturated carbocycles. The Labute approximate surface area is 174 Å². The number of carbonyl (C=O) groups excluding carboxylic acids is 1. The Morgan fingerprint density at radius 1 is 1.21 bits per heavy atom. The quantitative estimate of drug-likeness (QED) is 0.532. The third-order valence-corrected chi connectivity index (χ3v) is 5.23. The number of amides is 1. The molecule has 2 aromatic rings. The van der Waals surface area contributed by atoms with Crippen LogP contribution < -0.4 is 16.0 Å². The normalized spacial score (nSPS) is 16.4. The number of nitrogens with zero attached hydrogens (tertiary/aromatic N) is 1. The second-order valence-corrected chi connectivity index (χ2v) is 7.68. The molecule has 1 unspecified atom stereocenters. The highest BCUT2D eigenvalue weighted by Gasteiger charge is 2.15. The van der Waals surface area contributed by atoms with Crippen molar-refractivity contribution in [1.82, 2.24) is 10.3 Å². The van der Waals surface area contributed by atoms with Gasteiger partial charge in [0.2, 0.25) is 0 Å². The number of hydrogen-bond acceptors (Lipinski definition) is 4. The van der Waals surface area contributed by atoms with Crippen molar-refractivity contribution in [1.29, 1.82) is 0 Å². The van der Waals surface area contributed by atoms with Crippen molar-refractivity contribution in [2.75, 3.05) is 30.3 Å². The van der Waals surface area contributed by atoms with Crippen LogP contribution in [0.15, 0.2) is 30.3 Å². The zero-order valence-electron chi connectivity index (χ0n) is 16.1. The summed E-state index contributed by atoms with van der Waals surface area (Å²) < 4.78 is 27.9. The van der Waals surface area contributed by atoms with Crippen LogP contribution in [0.1, 0.15) is 42.5 Å². The first-order valence-corrected chi connectivity index (χ1v) is 10.3. The molecule has 1 aromatic heterocycles. The van der Waals surface area contributed by atoms with E-state index in [0.29, 0.717) is 6.54 Å². The van der Waals surface area contributed by atoms with Crippen LogP contribution in [0, 0.1) is 17.6 Å².